The average molecular weight is 287 g/mol. The average Bonchev–Trinajstić information content (AvgIpc) is 3.14. The summed E-state index contributed by atoms with van der Waals surface area (Å²) in [5.74, 6) is 1.56. The van der Waals surface area contributed by atoms with Gasteiger partial charge in [-0.25, -0.2) is 15.0 Å². The highest BCUT2D eigenvalue weighted by Gasteiger charge is 2.38. The number of rotatable bonds is 2. The van der Waals surface area contributed by atoms with Crippen LogP contribution in [-0.2, 0) is 0 Å². The molecule has 1 aliphatic heterocycles. The van der Waals surface area contributed by atoms with E-state index in [9.17, 15) is 5.11 Å². The number of aromatic nitrogens is 4. The molecule has 2 aliphatic rings. The SMILES string of the molecule is OC1CC(C2CCCCC2)N(c2ncnc3nc[nH]c23)C1. The van der Waals surface area contributed by atoms with Gasteiger partial charge in [-0.3, -0.25) is 0 Å². The van der Waals surface area contributed by atoms with Gasteiger partial charge in [0, 0.05) is 12.6 Å². The minimum atomic E-state index is -0.259. The van der Waals surface area contributed by atoms with Crippen molar-refractivity contribution in [2.24, 2.45) is 5.92 Å². The summed E-state index contributed by atoms with van der Waals surface area (Å²) in [6, 6.07) is 0.390. The van der Waals surface area contributed by atoms with E-state index >= 15 is 0 Å². The van der Waals surface area contributed by atoms with Crippen LogP contribution in [0, 0.1) is 5.92 Å². The van der Waals surface area contributed by atoms with Gasteiger partial charge in [0.15, 0.2) is 11.5 Å². The Morgan fingerprint density at radius 2 is 2.00 bits per heavy atom. The van der Waals surface area contributed by atoms with Crippen LogP contribution in [0.1, 0.15) is 38.5 Å². The van der Waals surface area contributed by atoms with Crippen molar-refractivity contribution in [3.05, 3.63) is 12.7 Å². The molecule has 1 aliphatic carbocycles. The molecule has 0 spiro atoms. The molecular formula is C15H21N5O. The van der Waals surface area contributed by atoms with Gasteiger partial charge in [-0.15, -0.1) is 0 Å². The number of hydrogen-bond acceptors (Lipinski definition) is 5. The number of fused-ring (bicyclic) bond motifs is 1. The lowest BCUT2D eigenvalue weighted by atomic mass is 9.83. The fourth-order valence-electron chi connectivity index (χ4n) is 4.02. The fourth-order valence-corrected chi connectivity index (χ4v) is 4.02. The van der Waals surface area contributed by atoms with Crippen LogP contribution < -0.4 is 4.90 Å². The van der Waals surface area contributed by atoms with Crippen molar-refractivity contribution in [3.8, 4) is 0 Å². The van der Waals surface area contributed by atoms with Crippen molar-refractivity contribution in [3.63, 3.8) is 0 Å². The number of H-pyrrole nitrogens is 1. The number of aliphatic hydroxyl groups is 1. The van der Waals surface area contributed by atoms with Crippen molar-refractivity contribution in [2.45, 2.75) is 50.7 Å². The maximum absolute atomic E-state index is 10.2. The molecular weight excluding hydrogens is 266 g/mol. The maximum atomic E-state index is 10.2. The quantitative estimate of drug-likeness (QED) is 0.881. The summed E-state index contributed by atoms with van der Waals surface area (Å²) in [5, 5.41) is 10.2. The predicted octanol–water partition coefficient (Wildman–Crippen LogP) is 1.87. The molecule has 0 aromatic carbocycles. The van der Waals surface area contributed by atoms with Crippen molar-refractivity contribution in [1.82, 2.24) is 19.9 Å². The molecule has 2 atom stereocenters. The maximum Gasteiger partial charge on any atom is 0.182 e. The molecule has 2 unspecified atom stereocenters. The monoisotopic (exact) mass is 287 g/mol. The van der Waals surface area contributed by atoms with Crippen LogP contribution in [0.15, 0.2) is 12.7 Å². The number of imidazole rings is 1. The van der Waals surface area contributed by atoms with Crippen LogP contribution >= 0.6 is 0 Å². The van der Waals surface area contributed by atoms with Crippen LogP contribution in [-0.4, -0.2) is 43.7 Å². The highest BCUT2D eigenvalue weighted by molar-refractivity contribution is 5.83. The van der Waals surface area contributed by atoms with Crippen molar-refractivity contribution in [2.75, 3.05) is 11.4 Å². The van der Waals surface area contributed by atoms with E-state index in [0.717, 1.165) is 17.8 Å². The summed E-state index contributed by atoms with van der Waals surface area (Å²) >= 11 is 0. The molecule has 2 fully saturated rings. The Balaban J connectivity index is 1.69. The largest absolute Gasteiger partial charge is 0.391 e. The van der Waals surface area contributed by atoms with Crippen LogP contribution in [0.5, 0.6) is 0 Å². The van der Waals surface area contributed by atoms with Crippen LogP contribution in [0.4, 0.5) is 5.82 Å². The number of nitrogens with one attached hydrogen (secondary N) is 1. The summed E-state index contributed by atoms with van der Waals surface area (Å²) in [6.07, 6.45) is 10.3. The normalized spacial score (nSPS) is 27.6. The minimum absolute atomic E-state index is 0.259. The first-order valence-electron chi connectivity index (χ1n) is 7.91. The highest BCUT2D eigenvalue weighted by Crippen LogP contribution is 2.37. The molecule has 2 N–H and O–H groups in total. The number of hydrogen-bond donors (Lipinski definition) is 2. The lowest BCUT2D eigenvalue weighted by Gasteiger charge is -2.34. The summed E-state index contributed by atoms with van der Waals surface area (Å²) in [4.78, 5) is 18.3. The second kappa shape index (κ2) is 5.26. The summed E-state index contributed by atoms with van der Waals surface area (Å²) < 4.78 is 0. The zero-order valence-corrected chi connectivity index (χ0v) is 12.1. The van der Waals surface area contributed by atoms with E-state index in [-0.39, 0.29) is 6.10 Å². The third-order valence-electron chi connectivity index (χ3n) is 4.99. The lowest BCUT2D eigenvalue weighted by molar-refractivity contribution is 0.185. The number of aliphatic hydroxyl groups excluding tert-OH is 1. The molecule has 0 bridgehead atoms. The van der Waals surface area contributed by atoms with Gasteiger partial charge in [0.25, 0.3) is 0 Å². The van der Waals surface area contributed by atoms with E-state index < -0.39 is 0 Å². The van der Waals surface area contributed by atoms with Gasteiger partial charge in [-0.2, -0.15) is 0 Å². The summed E-state index contributed by atoms with van der Waals surface area (Å²) in [5.41, 5.74) is 1.58. The van der Waals surface area contributed by atoms with Gasteiger partial charge in [-0.05, 0) is 25.2 Å². The zero-order valence-electron chi connectivity index (χ0n) is 12.1. The van der Waals surface area contributed by atoms with Crippen LogP contribution in [0.3, 0.4) is 0 Å². The number of aromatic amines is 1. The van der Waals surface area contributed by atoms with Gasteiger partial charge >= 0.3 is 0 Å². The van der Waals surface area contributed by atoms with Crippen molar-refractivity contribution < 1.29 is 5.11 Å². The Morgan fingerprint density at radius 3 is 2.86 bits per heavy atom. The first-order valence-corrected chi connectivity index (χ1v) is 7.91. The third kappa shape index (κ3) is 2.27. The van der Waals surface area contributed by atoms with E-state index in [0.29, 0.717) is 24.2 Å². The topological polar surface area (TPSA) is 77.9 Å². The minimum Gasteiger partial charge on any atom is -0.391 e. The van der Waals surface area contributed by atoms with Gasteiger partial charge in [0.1, 0.15) is 11.8 Å². The molecule has 4 rings (SSSR count). The highest BCUT2D eigenvalue weighted by atomic mass is 16.3. The second-order valence-electron chi connectivity index (χ2n) is 6.31. The molecule has 6 nitrogen and oxygen atoms in total. The molecule has 0 amide bonds. The molecule has 1 saturated heterocycles. The van der Waals surface area contributed by atoms with E-state index in [1.807, 2.05) is 0 Å². The Kier molecular flexibility index (Phi) is 3.25. The van der Waals surface area contributed by atoms with Gasteiger partial charge in [0.05, 0.1) is 12.4 Å². The number of anilines is 1. The van der Waals surface area contributed by atoms with Gasteiger partial charge in [-0.1, -0.05) is 19.3 Å². The molecule has 0 radical (unpaired) electrons. The standard InChI is InChI=1S/C15H21N5O/c21-11-6-12(10-4-2-1-3-5-10)20(7-11)15-13-14(17-8-16-13)18-9-19-15/h8-12,21H,1-7H2,(H,16,17,18,19). The smallest absolute Gasteiger partial charge is 0.182 e. The lowest BCUT2D eigenvalue weighted by Crippen LogP contribution is -2.37. The Labute approximate surface area is 123 Å². The van der Waals surface area contributed by atoms with E-state index in [2.05, 4.69) is 24.8 Å². The third-order valence-corrected chi connectivity index (χ3v) is 4.99. The predicted molar refractivity (Wildman–Crippen MR) is 80.0 cm³/mol. The zero-order chi connectivity index (χ0) is 14.2. The molecule has 6 heteroatoms. The van der Waals surface area contributed by atoms with Gasteiger partial charge in [0.2, 0.25) is 0 Å². The molecule has 3 heterocycles. The summed E-state index contributed by atoms with van der Waals surface area (Å²) in [6.45, 7) is 0.659. The van der Waals surface area contributed by atoms with E-state index in [1.54, 1.807) is 12.7 Å². The van der Waals surface area contributed by atoms with E-state index in [1.165, 1.54) is 32.1 Å². The second-order valence-corrected chi connectivity index (χ2v) is 6.31. The van der Waals surface area contributed by atoms with Gasteiger partial charge < -0.3 is 15.0 Å². The first-order chi connectivity index (χ1) is 10.3. The molecule has 2 aromatic heterocycles. The Bertz CT molecular complexity index is 621. The fraction of sp³-hybridized carbons (Fsp3) is 0.667. The van der Waals surface area contributed by atoms with Crippen molar-refractivity contribution >= 4 is 17.0 Å². The molecule has 2 aromatic rings. The van der Waals surface area contributed by atoms with Crippen LogP contribution in [0.25, 0.3) is 11.2 Å². The van der Waals surface area contributed by atoms with Crippen molar-refractivity contribution in [1.29, 1.82) is 0 Å². The first kappa shape index (κ1) is 13.0. The Morgan fingerprint density at radius 1 is 1.14 bits per heavy atom. The van der Waals surface area contributed by atoms with E-state index in [4.69, 9.17) is 0 Å². The number of nitrogens with zero attached hydrogens (tertiary/aromatic N) is 4. The molecule has 1 saturated carbocycles. The molecule has 112 valence electrons. The van der Waals surface area contributed by atoms with Crippen LogP contribution in [0.2, 0.25) is 0 Å². The number of β-amino-alcohol motifs (C(OH)–C–C–N with tert-alkyl or cyclic N) is 1. The Hall–Kier alpha value is -1.69. The molecule has 21 heavy (non-hydrogen) atoms. The summed E-state index contributed by atoms with van der Waals surface area (Å²) in [7, 11) is 0.